The third-order valence-electron chi connectivity index (χ3n) is 14.9. The molecule has 0 aliphatic rings. The smallest absolute Gasteiger partial charge is 0.306 e. The molecule has 1 atom stereocenters. The molecule has 0 aromatic heterocycles. The zero-order valence-corrected chi connectivity index (χ0v) is 52.4. The van der Waals surface area contributed by atoms with Crippen LogP contribution in [0.1, 0.15) is 342 Å². The highest BCUT2D eigenvalue weighted by molar-refractivity contribution is 5.71. The maximum Gasteiger partial charge on any atom is 0.306 e. The highest BCUT2D eigenvalue weighted by atomic mass is 16.6. The van der Waals surface area contributed by atoms with Gasteiger partial charge in [0.1, 0.15) is 13.2 Å². The number of unbranched alkanes of at least 4 members (excludes halogenated alkanes) is 37. The van der Waals surface area contributed by atoms with Crippen LogP contribution in [0.2, 0.25) is 0 Å². The summed E-state index contributed by atoms with van der Waals surface area (Å²) in [6.45, 7) is 6.53. The summed E-state index contributed by atoms with van der Waals surface area (Å²) >= 11 is 0. The third kappa shape index (κ3) is 65.3. The van der Waals surface area contributed by atoms with Crippen LogP contribution < -0.4 is 0 Å². The largest absolute Gasteiger partial charge is 0.462 e. The Kier molecular flexibility index (Phi) is 64.2. The Bertz CT molecular complexity index is 1500. The number of rotatable bonds is 62. The van der Waals surface area contributed by atoms with Crippen molar-refractivity contribution >= 4 is 17.9 Å². The van der Waals surface area contributed by atoms with Gasteiger partial charge in [-0.05, 0) is 96.3 Å². The van der Waals surface area contributed by atoms with E-state index in [1.807, 2.05) is 0 Å². The molecule has 0 N–H and O–H groups in total. The summed E-state index contributed by atoms with van der Waals surface area (Å²) in [5, 5.41) is 0. The first kappa shape index (κ1) is 75.6. The Morgan fingerprint density at radius 3 is 0.810 bits per heavy atom. The molecule has 456 valence electrons. The van der Waals surface area contributed by atoms with E-state index < -0.39 is 6.10 Å². The van der Waals surface area contributed by atoms with Crippen LogP contribution in [0, 0.1) is 0 Å². The SMILES string of the molecule is CC/C=C\C/C=C\C/C=C\C/C=C\C/C=C\C/C=C\CCCCC(=O)OC(COC(=O)CCCCCCC/C=C\CCCCCCCC)COC(=O)CCCCCCCCCCCCCCCCCCCCCCCCCCC. The molecule has 0 amide bonds. The average molecular weight is 1100 g/mol. The van der Waals surface area contributed by atoms with E-state index in [2.05, 4.69) is 106 Å². The van der Waals surface area contributed by atoms with Crippen molar-refractivity contribution in [1.29, 1.82) is 0 Å². The number of carbonyl (C=O) groups is 3. The first-order chi connectivity index (χ1) is 39.0. The minimum atomic E-state index is -0.804. The topological polar surface area (TPSA) is 78.9 Å². The summed E-state index contributed by atoms with van der Waals surface area (Å²) in [6.07, 6.45) is 88.9. The van der Waals surface area contributed by atoms with Crippen LogP contribution in [-0.2, 0) is 28.6 Å². The molecule has 0 spiro atoms. The highest BCUT2D eigenvalue weighted by Crippen LogP contribution is 2.17. The summed E-state index contributed by atoms with van der Waals surface area (Å²) in [5.74, 6) is -0.930. The molecule has 0 aliphatic heterocycles. The summed E-state index contributed by atoms with van der Waals surface area (Å²) in [5.41, 5.74) is 0. The first-order valence-corrected chi connectivity index (χ1v) is 34.1. The van der Waals surface area contributed by atoms with E-state index in [0.29, 0.717) is 19.3 Å². The average Bonchev–Trinajstić information content (AvgIpc) is 3.45. The Morgan fingerprint density at radius 2 is 0.494 bits per heavy atom. The molecule has 79 heavy (non-hydrogen) atoms. The molecule has 0 saturated heterocycles. The number of ether oxygens (including phenoxy) is 3. The molecule has 0 aliphatic carbocycles. The van der Waals surface area contributed by atoms with Crippen molar-refractivity contribution < 1.29 is 28.6 Å². The van der Waals surface area contributed by atoms with Gasteiger partial charge in [-0.25, -0.2) is 0 Å². The monoisotopic (exact) mass is 1100 g/mol. The summed E-state index contributed by atoms with van der Waals surface area (Å²) < 4.78 is 16.9. The molecule has 0 saturated carbocycles. The Morgan fingerprint density at radius 1 is 0.266 bits per heavy atom. The molecule has 0 rings (SSSR count). The van der Waals surface area contributed by atoms with Crippen LogP contribution in [0.5, 0.6) is 0 Å². The second-order valence-corrected chi connectivity index (χ2v) is 22.7. The van der Waals surface area contributed by atoms with Crippen molar-refractivity contribution in [2.75, 3.05) is 13.2 Å². The van der Waals surface area contributed by atoms with E-state index in [9.17, 15) is 14.4 Å². The van der Waals surface area contributed by atoms with Gasteiger partial charge in [0.25, 0.3) is 0 Å². The van der Waals surface area contributed by atoms with Gasteiger partial charge in [0.05, 0.1) is 0 Å². The second-order valence-electron chi connectivity index (χ2n) is 22.7. The number of esters is 3. The lowest BCUT2D eigenvalue weighted by atomic mass is 10.0. The van der Waals surface area contributed by atoms with E-state index in [1.54, 1.807) is 0 Å². The van der Waals surface area contributed by atoms with E-state index in [1.165, 1.54) is 199 Å². The van der Waals surface area contributed by atoms with Gasteiger partial charge in [0.2, 0.25) is 0 Å². The lowest BCUT2D eigenvalue weighted by molar-refractivity contribution is -0.167. The number of hydrogen-bond donors (Lipinski definition) is 0. The van der Waals surface area contributed by atoms with Crippen LogP contribution in [0.4, 0.5) is 0 Å². The van der Waals surface area contributed by atoms with Crippen molar-refractivity contribution in [3.8, 4) is 0 Å². The molecule has 0 heterocycles. The number of allylic oxidation sites excluding steroid dienone is 14. The molecule has 0 aromatic carbocycles. The predicted octanol–water partition coefficient (Wildman–Crippen LogP) is 23.4. The lowest BCUT2D eigenvalue weighted by Crippen LogP contribution is -2.30. The van der Waals surface area contributed by atoms with Gasteiger partial charge in [0.15, 0.2) is 6.10 Å². The molecular formula is C73H128O6. The van der Waals surface area contributed by atoms with Gasteiger partial charge in [-0.15, -0.1) is 0 Å². The van der Waals surface area contributed by atoms with Gasteiger partial charge >= 0.3 is 17.9 Å². The van der Waals surface area contributed by atoms with Crippen LogP contribution in [-0.4, -0.2) is 37.2 Å². The molecule has 6 nitrogen and oxygen atoms in total. The molecule has 0 bridgehead atoms. The van der Waals surface area contributed by atoms with Crippen LogP contribution in [0.3, 0.4) is 0 Å². The summed E-state index contributed by atoms with van der Waals surface area (Å²) in [7, 11) is 0. The lowest BCUT2D eigenvalue weighted by Gasteiger charge is -2.18. The van der Waals surface area contributed by atoms with Gasteiger partial charge in [0, 0.05) is 19.3 Å². The van der Waals surface area contributed by atoms with Crippen molar-refractivity contribution in [2.24, 2.45) is 0 Å². The molecular weight excluding hydrogens is 973 g/mol. The fourth-order valence-electron chi connectivity index (χ4n) is 9.80. The Hall–Kier alpha value is -3.41. The quantitative estimate of drug-likeness (QED) is 0.0261. The second kappa shape index (κ2) is 67.1. The van der Waals surface area contributed by atoms with Gasteiger partial charge < -0.3 is 14.2 Å². The Balaban J connectivity index is 4.37. The van der Waals surface area contributed by atoms with E-state index >= 15 is 0 Å². The molecule has 6 heteroatoms. The fourth-order valence-corrected chi connectivity index (χ4v) is 9.80. The first-order valence-electron chi connectivity index (χ1n) is 34.1. The van der Waals surface area contributed by atoms with Crippen molar-refractivity contribution in [2.45, 2.75) is 348 Å². The number of carbonyl (C=O) groups excluding carboxylic acids is 3. The minimum absolute atomic E-state index is 0.0940. The highest BCUT2D eigenvalue weighted by Gasteiger charge is 2.19. The van der Waals surface area contributed by atoms with E-state index in [0.717, 1.165) is 96.3 Å². The predicted molar refractivity (Wildman–Crippen MR) is 344 cm³/mol. The van der Waals surface area contributed by atoms with Crippen molar-refractivity contribution in [3.05, 3.63) is 85.1 Å². The molecule has 0 fully saturated rings. The zero-order valence-electron chi connectivity index (χ0n) is 52.4. The van der Waals surface area contributed by atoms with Gasteiger partial charge in [-0.3, -0.25) is 14.4 Å². The van der Waals surface area contributed by atoms with Gasteiger partial charge in [-0.1, -0.05) is 311 Å². The summed E-state index contributed by atoms with van der Waals surface area (Å²) in [4.78, 5) is 38.4. The standard InChI is InChI=1S/C73H128O6/c1-4-7-10-13-16-19-22-25-28-30-32-34-35-36-37-39-40-42-45-48-51-54-57-60-63-66-72(75)78-69-70(68-77-71(74)65-62-59-56-53-50-47-44-27-24-21-18-15-12-9-6-3)79-73(76)67-64-61-58-55-52-49-46-43-41-38-33-31-29-26-23-20-17-14-11-8-5-2/h8,11,17,20,26-27,29,33,38,43-44,46,52,55,70H,4-7,9-10,12-16,18-19,21-25,28,30-32,34-37,39-42,45,47-51,53-54,56-69H2,1-3H3/b11-8-,20-17-,29-26-,38-33-,44-27-,46-43-,55-52-. The maximum absolute atomic E-state index is 12.9. The van der Waals surface area contributed by atoms with Gasteiger partial charge in [-0.2, -0.15) is 0 Å². The fraction of sp³-hybridized carbons (Fsp3) is 0.767. The van der Waals surface area contributed by atoms with Crippen LogP contribution in [0.25, 0.3) is 0 Å². The normalized spacial score (nSPS) is 12.6. The van der Waals surface area contributed by atoms with Crippen LogP contribution >= 0.6 is 0 Å². The molecule has 1 unspecified atom stereocenters. The maximum atomic E-state index is 12.9. The van der Waals surface area contributed by atoms with E-state index in [-0.39, 0.29) is 37.5 Å². The molecule has 0 radical (unpaired) electrons. The number of hydrogen-bond acceptors (Lipinski definition) is 6. The third-order valence-corrected chi connectivity index (χ3v) is 14.9. The van der Waals surface area contributed by atoms with Crippen LogP contribution in [0.15, 0.2) is 85.1 Å². The van der Waals surface area contributed by atoms with Crippen molar-refractivity contribution in [3.63, 3.8) is 0 Å². The van der Waals surface area contributed by atoms with Crippen molar-refractivity contribution in [1.82, 2.24) is 0 Å². The summed E-state index contributed by atoms with van der Waals surface area (Å²) in [6, 6.07) is 0. The van der Waals surface area contributed by atoms with E-state index in [4.69, 9.17) is 14.2 Å². The minimum Gasteiger partial charge on any atom is -0.462 e. The molecule has 0 aromatic rings. The Labute approximate surface area is 490 Å². The zero-order chi connectivity index (χ0) is 57.1.